The number of benzene rings is 12. The zero-order chi connectivity index (χ0) is 83.8. The minimum absolute atomic E-state index is 0.0152. The van der Waals surface area contributed by atoms with E-state index in [0.717, 1.165) is 103 Å². The Bertz CT molecular complexity index is 6380. The monoisotopic (exact) mass is 1580 g/mol. The van der Waals surface area contributed by atoms with Crippen LogP contribution in [0.1, 0.15) is 108 Å². The van der Waals surface area contributed by atoms with Crippen LogP contribution in [0.25, 0.3) is 110 Å². The normalized spacial score (nSPS) is 12.1. The Labute approximate surface area is 654 Å². The lowest BCUT2D eigenvalue weighted by Gasteiger charge is -2.19. The van der Waals surface area contributed by atoms with Crippen molar-refractivity contribution in [2.24, 2.45) is 0 Å². The summed E-state index contributed by atoms with van der Waals surface area (Å²) in [5.74, 6) is 0.0221. The van der Waals surface area contributed by atoms with Crippen LogP contribution in [0.5, 0.6) is 11.5 Å². The van der Waals surface area contributed by atoms with Crippen molar-refractivity contribution in [3.8, 4) is 58.5 Å². The number of halogens is 14. The number of nitriles is 4. The summed E-state index contributed by atoms with van der Waals surface area (Å²) in [6.07, 6.45) is -18.5. The minimum atomic E-state index is -4.72. The lowest BCUT2D eigenvalue weighted by Crippen LogP contribution is -2.12. The number of hydrogen-bond donors (Lipinski definition) is 0. The number of nitrogens with zero attached hydrogens (tertiary/aromatic N) is 8. The van der Waals surface area contributed by atoms with Crippen LogP contribution in [0.2, 0.25) is 0 Å². The van der Waals surface area contributed by atoms with Crippen molar-refractivity contribution in [2.75, 3.05) is 14.2 Å². The van der Waals surface area contributed by atoms with Gasteiger partial charge in [0.2, 0.25) is 0 Å². The molecule has 0 radical (unpaired) electrons. The third kappa shape index (κ3) is 15.3. The van der Waals surface area contributed by atoms with Gasteiger partial charge in [-0.25, -0.2) is 8.78 Å². The highest BCUT2D eigenvalue weighted by molar-refractivity contribution is 6.13. The largest absolute Gasteiger partial charge is 0.497 e. The molecule has 0 spiro atoms. The predicted molar refractivity (Wildman–Crippen MR) is 422 cm³/mol. The first-order valence-corrected chi connectivity index (χ1v) is 35.8. The summed E-state index contributed by atoms with van der Waals surface area (Å²) >= 11 is 0. The summed E-state index contributed by atoms with van der Waals surface area (Å²) in [4.78, 5) is 0. The van der Waals surface area contributed by atoms with Gasteiger partial charge in [0, 0.05) is 43.1 Å². The van der Waals surface area contributed by atoms with Crippen LogP contribution in [0.3, 0.4) is 0 Å². The Morgan fingerprint density at radius 2 is 0.491 bits per heavy atom. The van der Waals surface area contributed by atoms with Crippen molar-refractivity contribution in [2.45, 2.75) is 90.9 Å². The summed E-state index contributed by atoms with van der Waals surface area (Å²) in [7, 11) is 3.06. The summed E-state index contributed by atoms with van der Waals surface area (Å²) in [5, 5.41) is 41.9. The number of aryl methyl sites for hydroxylation is 2. The van der Waals surface area contributed by atoms with E-state index in [2.05, 4.69) is 53.7 Å². The average molecular weight is 1580 g/mol. The van der Waals surface area contributed by atoms with Gasteiger partial charge in [0.25, 0.3) is 0 Å². The SMILES string of the molecule is CC(C)(C)c1ccc2c(c1)c1cc(C(C)(C)C)ccc1n2-c1ccc(C#N)cc1C(F)(F)F.COc1ccc2c(c1)c1cc(OC)ccc1n2-c1ccc(C#N)cc1C(F)(F)F.Cc1ccc2c(c1)c1cc(C)ccc1n2-c1ccc(C#N)cc1C(F)(F)F.N#Cc1ccc(-n2c3ccc(F)cc3c3cc(F)ccc32)c(C(F)(F)F)c1. The highest BCUT2D eigenvalue weighted by atomic mass is 19.4. The average Bonchev–Trinajstić information content (AvgIpc) is 1.60. The van der Waals surface area contributed by atoms with Crippen LogP contribution >= 0.6 is 0 Å². The van der Waals surface area contributed by atoms with Crippen LogP contribution in [0.4, 0.5) is 61.5 Å². The molecule has 0 aliphatic rings. The van der Waals surface area contributed by atoms with Gasteiger partial charge < -0.3 is 27.7 Å². The van der Waals surface area contributed by atoms with Crippen LogP contribution in [-0.4, -0.2) is 32.5 Å². The maximum Gasteiger partial charge on any atom is 0.418 e. The zero-order valence-corrected chi connectivity index (χ0v) is 63.5. The molecule has 0 saturated carbocycles. The fraction of sp³-hybridized carbons (Fsp3) is 0.174. The van der Waals surface area contributed by atoms with Gasteiger partial charge in [0.15, 0.2) is 0 Å². The molecule has 0 unspecified atom stereocenters. The molecule has 0 aliphatic carbocycles. The second-order valence-corrected chi connectivity index (χ2v) is 29.8. The zero-order valence-electron chi connectivity index (χ0n) is 63.5. The third-order valence-electron chi connectivity index (χ3n) is 20.1. The minimum Gasteiger partial charge on any atom is -0.497 e. The topological polar surface area (TPSA) is 133 Å². The van der Waals surface area contributed by atoms with E-state index in [1.807, 2.05) is 80.6 Å². The molecule has 0 aliphatic heterocycles. The number of ether oxygens (including phenoxy) is 2. The molecule has 116 heavy (non-hydrogen) atoms. The molecular weight excluding hydrogens is 1520 g/mol. The summed E-state index contributed by atoms with van der Waals surface area (Å²) < 4.78 is 210. The quantitative estimate of drug-likeness (QED) is 0.152. The number of rotatable bonds is 6. The molecule has 0 saturated heterocycles. The fourth-order valence-corrected chi connectivity index (χ4v) is 14.6. The number of methoxy groups -OCH3 is 2. The van der Waals surface area contributed by atoms with Crippen molar-refractivity contribution < 1.29 is 70.9 Å². The lowest BCUT2D eigenvalue weighted by molar-refractivity contribution is -0.138. The molecule has 0 fully saturated rings. The smallest absolute Gasteiger partial charge is 0.418 e. The van der Waals surface area contributed by atoms with Gasteiger partial charge in [0.1, 0.15) is 23.1 Å². The van der Waals surface area contributed by atoms with Gasteiger partial charge in [-0.2, -0.15) is 73.7 Å². The Morgan fingerprint density at radius 3 is 0.733 bits per heavy atom. The van der Waals surface area contributed by atoms with Crippen molar-refractivity contribution >= 4 is 87.2 Å². The second-order valence-electron chi connectivity index (χ2n) is 29.8. The van der Waals surface area contributed by atoms with E-state index in [-0.39, 0.29) is 55.8 Å². The molecule has 10 nitrogen and oxygen atoms in total. The Hall–Kier alpha value is -13.6. The molecule has 0 atom stereocenters. The van der Waals surface area contributed by atoms with E-state index >= 15 is 0 Å². The van der Waals surface area contributed by atoms with Crippen molar-refractivity contribution in [3.63, 3.8) is 0 Å². The Kier molecular flexibility index (Phi) is 20.9. The Balaban J connectivity index is 0.000000135. The third-order valence-corrected chi connectivity index (χ3v) is 20.1. The van der Waals surface area contributed by atoms with Crippen molar-refractivity contribution in [1.29, 1.82) is 21.0 Å². The number of aromatic nitrogens is 4. The maximum atomic E-state index is 14.1. The first-order chi connectivity index (χ1) is 54.7. The highest BCUT2D eigenvalue weighted by Gasteiger charge is 2.40. The number of fused-ring (bicyclic) bond motifs is 12. The predicted octanol–water partition coefficient (Wildman–Crippen LogP) is 26.2. The fourth-order valence-electron chi connectivity index (χ4n) is 14.6. The summed E-state index contributed by atoms with van der Waals surface area (Å²) in [6, 6.07) is 62.5. The molecule has 12 aromatic carbocycles. The van der Waals surface area contributed by atoms with E-state index in [4.69, 9.17) is 25.3 Å². The van der Waals surface area contributed by atoms with E-state index in [9.17, 15) is 66.7 Å². The molecule has 16 rings (SSSR count). The first kappa shape index (κ1) is 80.5. The molecule has 16 aromatic rings. The van der Waals surface area contributed by atoms with Gasteiger partial charge >= 0.3 is 24.7 Å². The van der Waals surface area contributed by atoms with E-state index in [0.29, 0.717) is 66.4 Å². The van der Waals surface area contributed by atoms with E-state index < -0.39 is 58.6 Å². The molecule has 0 amide bonds. The van der Waals surface area contributed by atoms with Crippen LogP contribution in [0.15, 0.2) is 218 Å². The van der Waals surface area contributed by atoms with Crippen molar-refractivity contribution in [1.82, 2.24) is 18.3 Å². The van der Waals surface area contributed by atoms with Crippen LogP contribution in [0, 0.1) is 70.8 Å². The number of hydrogen-bond acceptors (Lipinski definition) is 6. The molecule has 4 aromatic heterocycles. The van der Waals surface area contributed by atoms with E-state index in [1.165, 1.54) is 79.5 Å². The standard InChI is InChI=1S/C28H27F3N2.C22H15F3N2O2.C22H15F3N2.C20H9F5N2/c1-26(2,3)18-8-11-23-20(14-18)21-15-19(27(4,5)6)9-12-24(21)33(23)25-10-7-17(16-32)13-22(25)28(29,30)31;1-28-14-4-7-19-16(10-14)17-11-15(29-2)5-8-20(17)27(19)21-6-3-13(12-26)9-18(21)22(23,24)25;1-13-3-6-19-16(9-13)17-10-14(2)4-7-20(17)27(19)21-8-5-15(12-26)11-18(21)22(23,24)25;21-12-2-5-17-14(8-12)15-9-13(22)3-6-18(15)27(17)19-4-1-11(10-26)7-16(19)20(23,24)25/h7-15H,1-6H3;3-11H,1-2H3;3-11H,1-2H3;1-9H. The molecule has 0 bridgehead atoms. The number of alkyl halides is 12. The molecular formula is C92H66F14N8O2. The van der Waals surface area contributed by atoms with Gasteiger partial charge in [-0.3, -0.25) is 0 Å². The summed E-state index contributed by atoms with van der Waals surface area (Å²) in [5.41, 5.74) is 4.75. The molecule has 24 heteroatoms. The molecule has 584 valence electrons. The van der Waals surface area contributed by atoms with Crippen LogP contribution < -0.4 is 9.47 Å². The van der Waals surface area contributed by atoms with Gasteiger partial charge in [-0.05, 0) is 230 Å². The Morgan fingerprint density at radius 1 is 0.267 bits per heavy atom. The van der Waals surface area contributed by atoms with Gasteiger partial charge in [-0.1, -0.05) is 76.9 Å². The molecule has 4 heterocycles. The van der Waals surface area contributed by atoms with Gasteiger partial charge in [0.05, 0.1) is 150 Å². The lowest BCUT2D eigenvalue weighted by atomic mass is 9.85. The second kappa shape index (κ2) is 30.1. The van der Waals surface area contributed by atoms with E-state index in [1.54, 1.807) is 68.3 Å². The highest BCUT2D eigenvalue weighted by Crippen LogP contribution is 2.47. The summed E-state index contributed by atoms with van der Waals surface area (Å²) in [6.45, 7) is 16.6. The first-order valence-electron chi connectivity index (χ1n) is 35.8. The van der Waals surface area contributed by atoms with Crippen molar-refractivity contribution in [3.05, 3.63) is 297 Å². The molecule has 0 N–H and O–H groups in total. The van der Waals surface area contributed by atoms with Gasteiger partial charge in [-0.15, -0.1) is 0 Å². The van der Waals surface area contributed by atoms with Crippen LogP contribution in [-0.2, 0) is 35.5 Å². The maximum absolute atomic E-state index is 14.1.